The van der Waals surface area contributed by atoms with E-state index in [-0.39, 0.29) is 6.61 Å². The standard InChI is InChI=1S/C30H31NO4/c1-19-8-9-22(14-15-30(4,18-32)29(33)34)16-24(19)11-10-23-6-5-7-26(20(23)2)25-12-13-27-28(17-25)35-21(3)31-27/h5-13,16-17,32H,14-15,18H2,1-4H3,(H,33,34)/b11-10+/t30-/m0/s1. The molecular weight excluding hydrogens is 438 g/mol. The lowest BCUT2D eigenvalue weighted by Crippen LogP contribution is -2.32. The zero-order valence-electron chi connectivity index (χ0n) is 20.6. The highest BCUT2D eigenvalue weighted by atomic mass is 16.4. The van der Waals surface area contributed by atoms with E-state index in [0.29, 0.717) is 18.7 Å². The Bertz CT molecular complexity index is 1420. The normalized spacial score (nSPS) is 13.4. The molecular formula is C30H31NO4. The van der Waals surface area contributed by atoms with E-state index in [9.17, 15) is 15.0 Å². The molecule has 0 spiro atoms. The Kier molecular flexibility index (Phi) is 6.90. The number of fused-ring (bicyclic) bond motifs is 1. The van der Waals surface area contributed by atoms with E-state index in [1.807, 2.05) is 25.1 Å². The number of aromatic nitrogens is 1. The molecule has 0 aliphatic rings. The molecule has 0 aliphatic heterocycles. The van der Waals surface area contributed by atoms with Gasteiger partial charge < -0.3 is 14.6 Å². The summed E-state index contributed by atoms with van der Waals surface area (Å²) in [6.45, 7) is 7.25. The molecule has 1 aromatic heterocycles. The fourth-order valence-corrected chi connectivity index (χ4v) is 4.23. The van der Waals surface area contributed by atoms with Crippen LogP contribution < -0.4 is 0 Å². The van der Waals surface area contributed by atoms with E-state index >= 15 is 0 Å². The van der Waals surface area contributed by atoms with Crippen LogP contribution in [0, 0.1) is 26.2 Å². The minimum atomic E-state index is -1.13. The lowest BCUT2D eigenvalue weighted by molar-refractivity contribution is -0.150. The van der Waals surface area contributed by atoms with Crippen molar-refractivity contribution in [2.24, 2.45) is 5.41 Å². The fourth-order valence-electron chi connectivity index (χ4n) is 4.23. The molecule has 0 fully saturated rings. The number of rotatable bonds is 8. The van der Waals surface area contributed by atoms with Gasteiger partial charge in [0.05, 0.1) is 12.0 Å². The number of aryl methyl sites for hydroxylation is 3. The van der Waals surface area contributed by atoms with Crippen LogP contribution in [0.3, 0.4) is 0 Å². The van der Waals surface area contributed by atoms with Gasteiger partial charge in [0.1, 0.15) is 5.52 Å². The van der Waals surface area contributed by atoms with Crippen molar-refractivity contribution in [2.45, 2.75) is 40.5 Å². The van der Waals surface area contributed by atoms with Crippen LogP contribution in [0.15, 0.2) is 59.0 Å². The van der Waals surface area contributed by atoms with Gasteiger partial charge in [-0.05, 0) is 84.7 Å². The number of hydrogen-bond donors (Lipinski definition) is 2. The SMILES string of the molecule is Cc1nc2ccc(-c3cccc(/C=C/c4cc(CC[C@@](C)(CO)C(=O)O)ccc4C)c3C)cc2o1. The van der Waals surface area contributed by atoms with E-state index < -0.39 is 11.4 Å². The van der Waals surface area contributed by atoms with E-state index in [2.05, 4.69) is 67.4 Å². The average molecular weight is 470 g/mol. The topological polar surface area (TPSA) is 83.6 Å². The number of carboxylic acids is 1. The molecule has 0 radical (unpaired) electrons. The second-order valence-electron chi connectivity index (χ2n) is 9.48. The largest absolute Gasteiger partial charge is 0.481 e. The molecule has 4 rings (SSSR count). The summed E-state index contributed by atoms with van der Waals surface area (Å²) in [4.78, 5) is 15.9. The number of aliphatic hydroxyl groups is 1. The van der Waals surface area contributed by atoms with E-state index in [1.54, 1.807) is 6.92 Å². The van der Waals surface area contributed by atoms with Crippen molar-refractivity contribution in [3.63, 3.8) is 0 Å². The molecule has 180 valence electrons. The molecule has 0 amide bonds. The highest BCUT2D eigenvalue weighted by Crippen LogP contribution is 2.30. The minimum absolute atomic E-state index is 0.375. The molecule has 4 aromatic rings. The highest BCUT2D eigenvalue weighted by molar-refractivity contribution is 5.83. The quantitative estimate of drug-likeness (QED) is 0.284. The van der Waals surface area contributed by atoms with Gasteiger partial charge in [0, 0.05) is 6.92 Å². The maximum Gasteiger partial charge on any atom is 0.311 e. The first-order valence-corrected chi connectivity index (χ1v) is 11.8. The van der Waals surface area contributed by atoms with Gasteiger partial charge in [0.2, 0.25) is 0 Å². The highest BCUT2D eigenvalue weighted by Gasteiger charge is 2.31. The molecule has 0 aliphatic carbocycles. The van der Waals surface area contributed by atoms with Crippen molar-refractivity contribution in [3.05, 3.63) is 88.3 Å². The summed E-state index contributed by atoms with van der Waals surface area (Å²) < 4.78 is 5.72. The molecule has 0 saturated heterocycles. The van der Waals surface area contributed by atoms with Crippen LogP contribution in [0.5, 0.6) is 0 Å². The van der Waals surface area contributed by atoms with Gasteiger partial charge in [0.15, 0.2) is 11.5 Å². The van der Waals surface area contributed by atoms with Crippen molar-refractivity contribution in [1.29, 1.82) is 0 Å². The van der Waals surface area contributed by atoms with Crippen LogP contribution in [0.4, 0.5) is 0 Å². The summed E-state index contributed by atoms with van der Waals surface area (Å²) in [6, 6.07) is 18.6. The van der Waals surface area contributed by atoms with Crippen LogP contribution in [0.25, 0.3) is 34.4 Å². The summed E-state index contributed by atoms with van der Waals surface area (Å²) in [6.07, 6.45) is 5.19. The van der Waals surface area contributed by atoms with Crippen LogP contribution >= 0.6 is 0 Å². The number of hydrogen-bond acceptors (Lipinski definition) is 4. The number of aliphatic hydroxyl groups excluding tert-OH is 1. The first-order valence-electron chi connectivity index (χ1n) is 11.8. The van der Waals surface area contributed by atoms with Gasteiger partial charge in [-0.1, -0.05) is 54.6 Å². The van der Waals surface area contributed by atoms with Gasteiger partial charge >= 0.3 is 5.97 Å². The Hall–Kier alpha value is -3.70. The maximum absolute atomic E-state index is 11.5. The molecule has 0 bridgehead atoms. The molecule has 5 nitrogen and oxygen atoms in total. The number of benzene rings is 3. The van der Waals surface area contributed by atoms with Gasteiger partial charge in [-0.25, -0.2) is 4.98 Å². The molecule has 35 heavy (non-hydrogen) atoms. The van der Waals surface area contributed by atoms with Gasteiger partial charge in [-0.2, -0.15) is 0 Å². The molecule has 0 saturated carbocycles. The first-order chi connectivity index (χ1) is 16.7. The van der Waals surface area contributed by atoms with Gasteiger partial charge in [0.25, 0.3) is 0 Å². The zero-order chi connectivity index (χ0) is 25.2. The van der Waals surface area contributed by atoms with Crippen LogP contribution in [-0.2, 0) is 11.2 Å². The van der Waals surface area contributed by atoms with Crippen molar-refractivity contribution in [3.8, 4) is 11.1 Å². The maximum atomic E-state index is 11.5. The molecule has 3 aromatic carbocycles. The number of carbonyl (C=O) groups is 1. The first kappa shape index (κ1) is 24.4. The second kappa shape index (κ2) is 9.88. The predicted octanol–water partition coefficient (Wildman–Crippen LogP) is 6.61. The molecule has 0 unspecified atom stereocenters. The Morgan fingerprint density at radius 3 is 2.54 bits per heavy atom. The van der Waals surface area contributed by atoms with Crippen molar-refractivity contribution in [1.82, 2.24) is 4.98 Å². The minimum Gasteiger partial charge on any atom is -0.481 e. The lowest BCUT2D eigenvalue weighted by atomic mass is 9.84. The van der Waals surface area contributed by atoms with Crippen molar-refractivity contribution < 1.29 is 19.4 Å². The summed E-state index contributed by atoms with van der Waals surface area (Å²) in [7, 11) is 0. The number of carboxylic acid groups (broad SMARTS) is 1. The Morgan fingerprint density at radius 1 is 1.03 bits per heavy atom. The smallest absolute Gasteiger partial charge is 0.311 e. The fraction of sp³-hybridized carbons (Fsp3) is 0.267. The summed E-state index contributed by atoms with van der Waals surface area (Å²) in [5.74, 6) is -0.313. The van der Waals surface area contributed by atoms with Crippen LogP contribution in [-0.4, -0.2) is 27.8 Å². The lowest BCUT2D eigenvalue weighted by Gasteiger charge is -2.21. The Balaban J connectivity index is 1.59. The van der Waals surface area contributed by atoms with E-state index in [1.165, 1.54) is 5.56 Å². The number of nitrogens with zero attached hydrogens (tertiary/aromatic N) is 1. The Labute approximate surface area is 205 Å². The van der Waals surface area contributed by atoms with Crippen molar-refractivity contribution >= 4 is 29.2 Å². The van der Waals surface area contributed by atoms with Gasteiger partial charge in [-0.15, -0.1) is 0 Å². The number of oxazole rings is 1. The van der Waals surface area contributed by atoms with Gasteiger partial charge in [-0.3, -0.25) is 4.79 Å². The van der Waals surface area contributed by atoms with Crippen LogP contribution in [0.2, 0.25) is 0 Å². The summed E-state index contributed by atoms with van der Waals surface area (Å²) in [5.41, 5.74) is 8.33. The summed E-state index contributed by atoms with van der Waals surface area (Å²) >= 11 is 0. The number of aliphatic carboxylic acids is 1. The van der Waals surface area contributed by atoms with E-state index in [0.717, 1.165) is 44.5 Å². The molecule has 1 atom stereocenters. The molecule has 2 N–H and O–H groups in total. The zero-order valence-corrected chi connectivity index (χ0v) is 20.6. The summed E-state index contributed by atoms with van der Waals surface area (Å²) in [5, 5.41) is 19.0. The predicted molar refractivity (Wildman–Crippen MR) is 140 cm³/mol. The Morgan fingerprint density at radius 2 is 1.80 bits per heavy atom. The molecule has 1 heterocycles. The second-order valence-corrected chi connectivity index (χ2v) is 9.48. The third-order valence-corrected chi connectivity index (χ3v) is 6.80. The van der Waals surface area contributed by atoms with Crippen LogP contribution in [0.1, 0.15) is 47.1 Å². The third-order valence-electron chi connectivity index (χ3n) is 6.80. The average Bonchev–Trinajstić information content (AvgIpc) is 3.22. The monoisotopic (exact) mass is 469 g/mol. The van der Waals surface area contributed by atoms with Crippen molar-refractivity contribution in [2.75, 3.05) is 6.61 Å². The third kappa shape index (κ3) is 5.20. The molecule has 5 heteroatoms. The van der Waals surface area contributed by atoms with E-state index in [4.69, 9.17) is 4.42 Å².